The van der Waals surface area contributed by atoms with Gasteiger partial charge < -0.3 is 16.4 Å². The quantitative estimate of drug-likeness (QED) is 0.147. The van der Waals surface area contributed by atoms with Gasteiger partial charge in [-0.1, -0.05) is 50.3 Å². The number of benzene rings is 2. The maximum absolute atomic E-state index is 13.9. The van der Waals surface area contributed by atoms with Crippen LogP contribution in [0.1, 0.15) is 44.5 Å². The molecule has 0 spiro atoms. The average Bonchev–Trinajstić information content (AvgIpc) is 3.58. The molecule has 0 bridgehead atoms. The molecule has 0 saturated carbocycles. The number of allylic oxidation sites excluding steroid dienone is 2. The standard InChI is InChI=1S/C33H38FN7/c1-5-8-27(30(35)37-4)31-39-29-16-15-28(22-9-7-10-26(20-22)40-19-17-24(34)21-40)38-32(29)41(31)25-13-11-23(12-14-25)33(3,36)18-6-2/h5,7-16,20,24H,1,6,17-19,21,36H2,2-4H3,(H2,35,37)/b27-8+. The molecular formula is C33H38FN7. The van der Waals surface area contributed by atoms with Crippen LogP contribution in [0.2, 0.25) is 0 Å². The lowest BCUT2D eigenvalue weighted by molar-refractivity contribution is 0.364. The van der Waals surface area contributed by atoms with E-state index < -0.39 is 11.7 Å². The third-order valence-electron chi connectivity index (χ3n) is 7.74. The lowest BCUT2D eigenvalue weighted by atomic mass is 9.88. The Kier molecular flexibility index (Phi) is 8.03. The van der Waals surface area contributed by atoms with Crippen molar-refractivity contribution in [2.45, 2.75) is 44.8 Å². The molecule has 0 radical (unpaired) electrons. The molecule has 212 valence electrons. The lowest BCUT2D eigenvalue weighted by Gasteiger charge is -2.25. The highest BCUT2D eigenvalue weighted by atomic mass is 19.1. The first-order valence-corrected chi connectivity index (χ1v) is 14.1. The normalized spacial score (nSPS) is 17.7. The Balaban J connectivity index is 1.67. The second-order valence-electron chi connectivity index (χ2n) is 10.8. The predicted octanol–water partition coefficient (Wildman–Crippen LogP) is 6.17. The van der Waals surface area contributed by atoms with E-state index in [1.807, 2.05) is 53.1 Å². The molecular weight excluding hydrogens is 513 g/mol. The second kappa shape index (κ2) is 11.7. The maximum atomic E-state index is 13.9. The van der Waals surface area contributed by atoms with Gasteiger partial charge in [-0.15, -0.1) is 0 Å². The molecule has 1 aliphatic heterocycles. The van der Waals surface area contributed by atoms with Crippen LogP contribution in [0, 0.1) is 0 Å². The molecule has 7 nitrogen and oxygen atoms in total. The highest BCUT2D eigenvalue weighted by molar-refractivity contribution is 6.21. The van der Waals surface area contributed by atoms with Gasteiger partial charge in [-0.3, -0.25) is 9.56 Å². The number of aliphatic imine (C=N–C) groups is 1. The van der Waals surface area contributed by atoms with Crippen LogP contribution < -0.4 is 16.4 Å². The predicted molar refractivity (Wildman–Crippen MR) is 168 cm³/mol. The molecule has 41 heavy (non-hydrogen) atoms. The van der Waals surface area contributed by atoms with E-state index >= 15 is 0 Å². The maximum Gasteiger partial charge on any atom is 0.165 e. The summed E-state index contributed by atoms with van der Waals surface area (Å²) in [7, 11) is 1.65. The summed E-state index contributed by atoms with van der Waals surface area (Å²) in [6.45, 7) is 9.20. The van der Waals surface area contributed by atoms with Gasteiger partial charge in [0.1, 0.15) is 17.5 Å². The molecule has 1 saturated heterocycles. The van der Waals surface area contributed by atoms with Gasteiger partial charge in [0.15, 0.2) is 11.5 Å². The SMILES string of the molecule is C=C/C=C(\C(N)=NC)c1nc2ccc(-c3cccc(N4CCC(F)C4)c3)nc2n1-c1ccc(C(C)(N)CCC)cc1. The smallest absolute Gasteiger partial charge is 0.165 e. The van der Waals surface area contributed by atoms with Crippen molar-refractivity contribution < 1.29 is 4.39 Å². The third kappa shape index (κ3) is 5.65. The van der Waals surface area contributed by atoms with Crippen LogP contribution in [0.5, 0.6) is 0 Å². The number of nitrogens with two attached hydrogens (primary N) is 2. The molecule has 2 aromatic heterocycles. The van der Waals surface area contributed by atoms with Gasteiger partial charge in [-0.25, -0.2) is 14.4 Å². The number of pyridine rings is 1. The molecule has 2 aromatic carbocycles. The summed E-state index contributed by atoms with van der Waals surface area (Å²) >= 11 is 0. The summed E-state index contributed by atoms with van der Waals surface area (Å²) in [5.41, 5.74) is 19.3. The van der Waals surface area contributed by atoms with E-state index in [9.17, 15) is 4.39 Å². The summed E-state index contributed by atoms with van der Waals surface area (Å²) in [6, 6.07) is 20.3. The number of nitrogens with zero attached hydrogens (tertiary/aromatic N) is 5. The number of halogens is 1. The van der Waals surface area contributed by atoms with E-state index in [0.29, 0.717) is 42.4 Å². The first-order valence-electron chi connectivity index (χ1n) is 14.1. The Labute approximate surface area is 241 Å². The Morgan fingerprint density at radius 2 is 1.93 bits per heavy atom. The van der Waals surface area contributed by atoms with E-state index in [1.165, 1.54) is 0 Å². The fourth-order valence-corrected chi connectivity index (χ4v) is 5.53. The topological polar surface area (TPSA) is 98.4 Å². The molecule has 2 unspecified atom stereocenters. The number of alkyl halides is 1. The molecule has 1 fully saturated rings. The highest BCUT2D eigenvalue weighted by Gasteiger charge is 2.24. The number of imidazole rings is 1. The number of hydrogen-bond donors (Lipinski definition) is 2. The first kappa shape index (κ1) is 28.2. The minimum absolute atomic E-state index is 0.347. The molecule has 4 N–H and O–H groups in total. The van der Waals surface area contributed by atoms with Crippen molar-refractivity contribution in [3.63, 3.8) is 0 Å². The van der Waals surface area contributed by atoms with E-state index in [0.717, 1.165) is 46.6 Å². The van der Waals surface area contributed by atoms with Crippen molar-refractivity contribution in [1.82, 2.24) is 14.5 Å². The van der Waals surface area contributed by atoms with Crippen LogP contribution in [-0.4, -0.2) is 46.7 Å². The fourth-order valence-electron chi connectivity index (χ4n) is 5.53. The van der Waals surface area contributed by atoms with Crippen molar-refractivity contribution in [3.8, 4) is 16.9 Å². The summed E-state index contributed by atoms with van der Waals surface area (Å²) in [5.74, 6) is 0.963. The number of fused-ring (bicyclic) bond motifs is 1. The zero-order chi connectivity index (χ0) is 29.1. The molecule has 5 rings (SSSR count). The van der Waals surface area contributed by atoms with Crippen molar-refractivity contribution >= 4 is 28.3 Å². The van der Waals surface area contributed by atoms with Gasteiger partial charge in [0.25, 0.3) is 0 Å². The number of aromatic nitrogens is 3. The Morgan fingerprint density at radius 3 is 2.59 bits per heavy atom. The summed E-state index contributed by atoms with van der Waals surface area (Å²) < 4.78 is 15.9. The van der Waals surface area contributed by atoms with Crippen molar-refractivity contribution in [2.24, 2.45) is 16.5 Å². The van der Waals surface area contributed by atoms with Crippen LogP contribution in [0.25, 0.3) is 33.7 Å². The van der Waals surface area contributed by atoms with E-state index in [-0.39, 0.29) is 0 Å². The second-order valence-corrected chi connectivity index (χ2v) is 10.8. The van der Waals surface area contributed by atoms with Gasteiger partial charge in [0.2, 0.25) is 0 Å². The van der Waals surface area contributed by atoms with Gasteiger partial charge in [0.05, 0.1) is 11.3 Å². The highest BCUT2D eigenvalue weighted by Crippen LogP contribution is 2.32. The number of hydrogen-bond acceptors (Lipinski definition) is 5. The van der Waals surface area contributed by atoms with Gasteiger partial charge in [0, 0.05) is 42.6 Å². The van der Waals surface area contributed by atoms with Gasteiger partial charge in [-0.2, -0.15) is 0 Å². The van der Waals surface area contributed by atoms with Crippen LogP contribution in [-0.2, 0) is 5.54 Å². The minimum Gasteiger partial charge on any atom is -0.383 e. The van der Waals surface area contributed by atoms with Crippen LogP contribution >= 0.6 is 0 Å². The molecule has 1 aliphatic rings. The Morgan fingerprint density at radius 1 is 1.15 bits per heavy atom. The minimum atomic E-state index is -0.789. The lowest BCUT2D eigenvalue weighted by Crippen LogP contribution is -2.32. The fraction of sp³-hybridized carbons (Fsp3) is 0.303. The van der Waals surface area contributed by atoms with Crippen LogP contribution in [0.3, 0.4) is 0 Å². The molecule has 3 heterocycles. The van der Waals surface area contributed by atoms with Crippen LogP contribution in [0.4, 0.5) is 10.1 Å². The molecule has 8 heteroatoms. The summed E-state index contributed by atoms with van der Waals surface area (Å²) in [5, 5.41) is 0. The number of rotatable bonds is 9. The van der Waals surface area contributed by atoms with E-state index in [2.05, 4.69) is 48.5 Å². The van der Waals surface area contributed by atoms with E-state index in [1.54, 1.807) is 13.1 Å². The molecule has 0 aliphatic carbocycles. The third-order valence-corrected chi connectivity index (χ3v) is 7.74. The average molecular weight is 552 g/mol. The van der Waals surface area contributed by atoms with Gasteiger partial charge in [-0.05, 0) is 67.8 Å². The Bertz CT molecular complexity index is 1610. The Hall–Kier alpha value is -4.30. The number of amidine groups is 1. The monoisotopic (exact) mass is 551 g/mol. The molecule has 4 aromatic rings. The van der Waals surface area contributed by atoms with Gasteiger partial charge >= 0.3 is 0 Å². The van der Waals surface area contributed by atoms with Crippen molar-refractivity contribution in [2.75, 3.05) is 25.0 Å². The zero-order valence-electron chi connectivity index (χ0n) is 24.0. The zero-order valence-corrected chi connectivity index (χ0v) is 24.0. The van der Waals surface area contributed by atoms with E-state index in [4.69, 9.17) is 21.4 Å². The number of anilines is 1. The summed E-state index contributed by atoms with van der Waals surface area (Å²) in [6.07, 6.45) is 5.14. The molecule has 0 amide bonds. The largest absolute Gasteiger partial charge is 0.383 e. The summed E-state index contributed by atoms with van der Waals surface area (Å²) in [4.78, 5) is 16.4. The van der Waals surface area contributed by atoms with Crippen molar-refractivity contribution in [3.05, 3.63) is 90.8 Å². The molecule has 2 atom stereocenters. The van der Waals surface area contributed by atoms with Crippen LogP contribution in [0.15, 0.2) is 84.4 Å². The van der Waals surface area contributed by atoms with Crippen molar-refractivity contribution in [1.29, 1.82) is 0 Å². The first-order chi connectivity index (χ1) is 19.7.